The van der Waals surface area contributed by atoms with Crippen molar-refractivity contribution in [2.45, 2.75) is 0 Å². The van der Waals surface area contributed by atoms with Gasteiger partial charge in [0.1, 0.15) is 0 Å². The number of aromatic nitrogens is 3. The quantitative estimate of drug-likeness (QED) is 0.590. The highest BCUT2D eigenvalue weighted by Crippen LogP contribution is 2.37. The Labute approximate surface area is 138 Å². The molecule has 0 aliphatic heterocycles. The van der Waals surface area contributed by atoms with Gasteiger partial charge >= 0.3 is 0 Å². The Morgan fingerprint density at radius 2 is 2.10 bits per heavy atom. The van der Waals surface area contributed by atoms with Gasteiger partial charge in [-0.2, -0.15) is 5.10 Å². The van der Waals surface area contributed by atoms with Crippen LogP contribution in [0.3, 0.4) is 0 Å². The minimum atomic E-state index is 0.476. The molecule has 1 aromatic carbocycles. The van der Waals surface area contributed by atoms with Crippen molar-refractivity contribution in [3.63, 3.8) is 0 Å². The van der Waals surface area contributed by atoms with Crippen molar-refractivity contribution in [3.8, 4) is 22.4 Å². The SMILES string of the molecule is Nc1n[nH]c(-c2cc(Br)ccc2I)c1-c1cccnc1. The van der Waals surface area contributed by atoms with E-state index >= 15 is 0 Å². The molecule has 0 unspecified atom stereocenters. The smallest absolute Gasteiger partial charge is 0.153 e. The Morgan fingerprint density at radius 1 is 1.25 bits per heavy atom. The van der Waals surface area contributed by atoms with E-state index in [4.69, 9.17) is 5.73 Å². The van der Waals surface area contributed by atoms with Gasteiger partial charge in [0.15, 0.2) is 5.82 Å². The third kappa shape index (κ3) is 2.45. The number of hydrogen-bond acceptors (Lipinski definition) is 3. The summed E-state index contributed by atoms with van der Waals surface area (Å²) in [7, 11) is 0. The van der Waals surface area contributed by atoms with Crippen LogP contribution in [0, 0.1) is 3.57 Å². The van der Waals surface area contributed by atoms with Crippen LogP contribution in [0.25, 0.3) is 22.4 Å². The van der Waals surface area contributed by atoms with Gasteiger partial charge in [0.25, 0.3) is 0 Å². The molecule has 2 heterocycles. The molecule has 6 heteroatoms. The molecule has 0 fully saturated rings. The van der Waals surface area contributed by atoms with E-state index in [1.54, 1.807) is 12.4 Å². The van der Waals surface area contributed by atoms with Gasteiger partial charge in [0.2, 0.25) is 0 Å². The molecule has 0 amide bonds. The summed E-state index contributed by atoms with van der Waals surface area (Å²) in [5.74, 6) is 0.476. The summed E-state index contributed by atoms with van der Waals surface area (Å²) in [6, 6.07) is 9.97. The second-order valence-electron chi connectivity index (χ2n) is 4.22. The first-order chi connectivity index (χ1) is 9.66. The normalized spacial score (nSPS) is 10.7. The molecule has 0 bridgehead atoms. The van der Waals surface area contributed by atoms with Gasteiger partial charge in [-0.3, -0.25) is 10.1 Å². The number of nitrogens with one attached hydrogen (secondary N) is 1. The highest BCUT2D eigenvalue weighted by Gasteiger charge is 2.16. The Morgan fingerprint density at radius 3 is 2.85 bits per heavy atom. The zero-order chi connectivity index (χ0) is 14.1. The molecule has 0 saturated carbocycles. The number of rotatable bonds is 2. The zero-order valence-electron chi connectivity index (χ0n) is 10.3. The van der Waals surface area contributed by atoms with E-state index in [-0.39, 0.29) is 0 Å². The standard InChI is InChI=1S/C14H10BrIN4/c15-9-3-4-11(16)10(6-9)13-12(14(17)20-19-13)8-2-1-5-18-7-8/h1-7H,(H3,17,19,20). The minimum Gasteiger partial charge on any atom is -0.382 e. The van der Waals surface area contributed by atoms with Crippen LogP contribution >= 0.6 is 38.5 Å². The maximum atomic E-state index is 6.01. The maximum absolute atomic E-state index is 6.01. The molecule has 0 spiro atoms. The van der Waals surface area contributed by atoms with Gasteiger partial charge in [-0.25, -0.2) is 0 Å². The molecule has 4 nitrogen and oxygen atoms in total. The summed E-state index contributed by atoms with van der Waals surface area (Å²) in [6.07, 6.45) is 3.53. The van der Waals surface area contributed by atoms with Gasteiger partial charge in [-0.05, 0) is 46.9 Å². The fourth-order valence-electron chi connectivity index (χ4n) is 2.04. The first-order valence-corrected chi connectivity index (χ1v) is 7.73. The minimum absolute atomic E-state index is 0.476. The van der Waals surface area contributed by atoms with Crippen LogP contribution in [-0.4, -0.2) is 15.2 Å². The first kappa shape index (κ1) is 13.6. The number of anilines is 1. The van der Waals surface area contributed by atoms with Crippen molar-refractivity contribution in [1.82, 2.24) is 15.2 Å². The van der Waals surface area contributed by atoms with E-state index < -0.39 is 0 Å². The van der Waals surface area contributed by atoms with Crippen LogP contribution in [-0.2, 0) is 0 Å². The summed E-state index contributed by atoms with van der Waals surface area (Å²) in [5.41, 5.74) is 9.81. The molecule has 3 aromatic rings. The first-order valence-electron chi connectivity index (χ1n) is 5.86. The van der Waals surface area contributed by atoms with Crippen LogP contribution < -0.4 is 5.73 Å². The van der Waals surface area contributed by atoms with Gasteiger partial charge < -0.3 is 5.73 Å². The Hall–Kier alpha value is -1.41. The number of nitrogens with two attached hydrogens (primary N) is 1. The second-order valence-corrected chi connectivity index (χ2v) is 6.30. The van der Waals surface area contributed by atoms with Crippen LogP contribution in [0.1, 0.15) is 0 Å². The van der Waals surface area contributed by atoms with Crippen LogP contribution in [0.4, 0.5) is 5.82 Å². The second kappa shape index (κ2) is 5.53. The lowest BCUT2D eigenvalue weighted by Gasteiger charge is -2.07. The topological polar surface area (TPSA) is 67.6 Å². The molecule has 0 atom stereocenters. The summed E-state index contributed by atoms with van der Waals surface area (Å²) in [6.45, 7) is 0. The fraction of sp³-hybridized carbons (Fsp3) is 0. The van der Waals surface area contributed by atoms with Gasteiger partial charge in [-0.1, -0.05) is 22.0 Å². The van der Waals surface area contributed by atoms with E-state index in [0.29, 0.717) is 5.82 Å². The molecule has 100 valence electrons. The maximum Gasteiger partial charge on any atom is 0.153 e. The molecule has 20 heavy (non-hydrogen) atoms. The average molecular weight is 441 g/mol. The lowest BCUT2D eigenvalue weighted by atomic mass is 10.0. The summed E-state index contributed by atoms with van der Waals surface area (Å²) >= 11 is 5.80. The largest absolute Gasteiger partial charge is 0.382 e. The number of aromatic amines is 1. The van der Waals surface area contributed by atoms with Crippen molar-refractivity contribution >= 4 is 44.3 Å². The van der Waals surface area contributed by atoms with Gasteiger partial charge in [-0.15, -0.1) is 0 Å². The fourth-order valence-corrected chi connectivity index (χ4v) is 3.01. The van der Waals surface area contributed by atoms with E-state index in [0.717, 1.165) is 30.4 Å². The lowest BCUT2D eigenvalue weighted by molar-refractivity contribution is 1.10. The van der Waals surface area contributed by atoms with Crippen molar-refractivity contribution in [1.29, 1.82) is 0 Å². The summed E-state index contributed by atoms with van der Waals surface area (Å²) in [4.78, 5) is 4.15. The molecule has 2 aromatic heterocycles. The highest BCUT2D eigenvalue weighted by atomic mass is 127. The summed E-state index contributed by atoms with van der Waals surface area (Å²) < 4.78 is 2.14. The molecule has 3 N–H and O–H groups in total. The average Bonchev–Trinajstić information content (AvgIpc) is 2.84. The summed E-state index contributed by atoms with van der Waals surface area (Å²) in [5, 5.41) is 7.17. The lowest BCUT2D eigenvalue weighted by Crippen LogP contribution is -1.90. The Balaban J connectivity index is 2.24. The third-order valence-electron chi connectivity index (χ3n) is 2.94. The van der Waals surface area contributed by atoms with Crippen molar-refractivity contribution in [2.75, 3.05) is 5.73 Å². The van der Waals surface area contributed by atoms with E-state index in [2.05, 4.69) is 59.8 Å². The number of hydrogen-bond donors (Lipinski definition) is 2. The van der Waals surface area contributed by atoms with Gasteiger partial charge in [0.05, 0.1) is 11.3 Å². The van der Waals surface area contributed by atoms with E-state index in [1.165, 1.54) is 0 Å². The Bertz CT molecular complexity index is 755. The number of nitrogens with zero attached hydrogens (tertiary/aromatic N) is 2. The third-order valence-corrected chi connectivity index (χ3v) is 4.38. The van der Waals surface area contributed by atoms with E-state index in [9.17, 15) is 0 Å². The van der Waals surface area contributed by atoms with Crippen molar-refractivity contribution in [2.24, 2.45) is 0 Å². The van der Waals surface area contributed by atoms with Crippen molar-refractivity contribution < 1.29 is 0 Å². The molecule has 0 radical (unpaired) electrons. The molecule has 0 aliphatic carbocycles. The predicted molar refractivity (Wildman–Crippen MR) is 92.1 cm³/mol. The van der Waals surface area contributed by atoms with Crippen LogP contribution in [0.15, 0.2) is 47.2 Å². The Kier molecular flexibility index (Phi) is 3.75. The van der Waals surface area contributed by atoms with Crippen LogP contribution in [0.5, 0.6) is 0 Å². The van der Waals surface area contributed by atoms with E-state index in [1.807, 2.05) is 24.3 Å². The molecular formula is C14H10BrIN4. The predicted octanol–water partition coefficient (Wildman–Crippen LogP) is 4.09. The number of H-pyrrole nitrogens is 1. The number of benzene rings is 1. The zero-order valence-corrected chi connectivity index (χ0v) is 14.0. The molecule has 0 aliphatic rings. The van der Waals surface area contributed by atoms with Crippen LogP contribution in [0.2, 0.25) is 0 Å². The number of pyridine rings is 1. The highest BCUT2D eigenvalue weighted by molar-refractivity contribution is 14.1. The monoisotopic (exact) mass is 440 g/mol. The number of halogens is 2. The molecule has 0 saturated heterocycles. The van der Waals surface area contributed by atoms with Crippen molar-refractivity contribution in [3.05, 3.63) is 50.8 Å². The number of nitrogen functional groups attached to an aromatic ring is 1. The molecular weight excluding hydrogens is 431 g/mol. The molecule has 3 rings (SSSR count). The van der Waals surface area contributed by atoms with Gasteiger partial charge in [0, 0.05) is 31.6 Å².